The van der Waals surface area contributed by atoms with Gasteiger partial charge in [-0.1, -0.05) is 19.1 Å². The van der Waals surface area contributed by atoms with E-state index in [1.54, 1.807) is 0 Å². The van der Waals surface area contributed by atoms with Gasteiger partial charge in [0.25, 0.3) is 0 Å². The lowest BCUT2D eigenvalue weighted by atomic mass is 10.1. The second kappa shape index (κ2) is 8.91. The van der Waals surface area contributed by atoms with Crippen LogP contribution in [0, 0.1) is 0 Å². The number of nitrogens with one attached hydrogen (secondary N) is 2. The lowest BCUT2D eigenvalue weighted by Gasteiger charge is -2.18. The molecule has 1 aromatic rings. The third-order valence-electron chi connectivity index (χ3n) is 4.23. The first-order valence-electron chi connectivity index (χ1n) is 8.82. The molecule has 0 aliphatic carbocycles. The molecule has 1 aliphatic rings. The predicted octanol–water partition coefficient (Wildman–Crippen LogP) is 2.77. The predicted molar refractivity (Wildman–Crippen MR) is 94.7 cm³/mol. The Morgan fingerprint density at radius 3 is 2.54 bits per heavy atom. The molecule has 1 atom stereocenters. The number of rotatable bonds is 5. The first-order chi connectivity index (χ1) is 12.3. The molecule has 0 bridgehead atoms. The Balaban J connectivity index is 1.95. The molecule has 5 nitrogen and oxygen atoms in total. The smallest absolute Gasteiger partial charge is 0.357 e. The standard InChI is InChI=1S/C18H25F3N4O/c1-3-16(26)25-10-9-15(12-25)24-17(22-4-2)23-11-13-5-7-14(8-6-13)18(19,20)21/h5-8,15H,3-4,9-12H2,1-2H3,(H2,22,23,24). The first kappa shape index (κ1) is 20.1. The third kappa shape index (κ3) is 5.64. The Morgan fingerprint density at radius 2 is 1.96 bits per heavy atom. The Kier molecular flexibility index (Phi) is 6.88. The fourth-order valence-corrected chi connectivity index (χ4v) is 2.81. The number of amides is 1. The van der Waals surface area contributed by atoms with Crippen molar-refractivity contribution >= 4 is 11.9 Å². The SMILES string of the molecule is CCNC(=NCc1ccc(C(F)(F)F)cc1)NC1CCN(C(=O)CC)C1. The van der Waals surface area contributed by atoms with Crippen molar-refractivity contribution in [3.63, 3.8) is 0 Å². The minimum atomic E-state index is -4.33. The number of halogens is 3. The van der Waals surface area contributed by atoms with Gasteiger partial charge >= 0.3 is 6.18 Å². The van der Waals surface area contributed by atoms with Gasteiger partial charge in [-0.15, -0.1) is 0 Å². The maximum absolute atomic E-state index is 12.6. The molecule has 0 aromatic heterocycles. The summed E-state index contributed by atoms with van der Waals surface area (Å²) < 4.78 is 37.8. The molecule has 1 saturated heterocycles. The number of aliphatic imine (C=N–C) groups is 1. The number of hydrogen-bond acceptors (Lipinski definition) is 2. The van der Waals surface area contributed by atoms with Crippen LogP contribution in [-0.2, 0) is 17.5 Å². The summed E-state index contributed by atoms with van der Waals surface area (Å²) in [5.41, 5.74) is 0.0336. The zero-order chi connectivity index (χ0) is 19.2. The topological polar surface area (TPSA) is 56.7 Å². The lowest BCUT2D eigenvalue weighted by molar-refractivity contribution is -0.137. The van der Waals surface area contributed by atoms with Crippen LogP contribution in [0.25, 0.3) is 0 Å². The maximum Gasteiger partial charge on any atom is 0.416 e. The number of guanidine groups is 1. The van der Waals surface area contributed by atoms with E-state index in [1.165, 1.54) is 12.1 Å². The highest BCUT2D eigenvalue weighted by molar-refractivity contribution is 5.80. The van der Waals surface area contributed by atoms with Crippen LogP contribution < -0.4 is 10.6 Å². The molecule has 0 saturated carbocycles. The zero-order valence-corrected chi connectivity index (χ0v) is 15.1. The van der Waals surface area contributed by atoms with Crippen molar-refractivity contribution in [2.75, 3.05) is 19.6 Å². The fraction of sp³-hybridized carbons (Fsp3) is 0.556. The summed E-state index contributed by atoms with van der Waals surface area (Å²) >= 11 is 0. The van der Waals surface area contributed by atoms with Crippen molar-refractivity contribution in [1.29, 1.82) is 0 Å². The summed E-state index contributed by atoms with van der Waals surface area (Å²) in [5, 5.41) is 6.43. The van der Waals surface area contributed by atoms with E-state index < -0.39 is 11.7 Å². The quantitative estimate of drug-likeness (QED) is 0.619. The van der Waals surface area contributed by atoms with Crippen molar-refractivity contribution in [2.24, 2.45) is 4.99 Å². The van der Waals surface area contributed by atoms with Gasteiger partial charge in [0.1, 0.15) is 0 Å². The largest absolute Gasteiger partial charge is 0.416 e. The van der Waals surface area contributed by atoms with Crippen molar-refractivity contribution < 1.29 is 18.0 Å². The summed E-state index contributed by atoms with van der Waals surface area (Å²) in [6.45, 7) is 6.09. The molecule has 1 unspecified atom stereocenters. The summed E-state index contributed by atoms with van der Waals surface area (Å²) in [6, 6.07) is 5.13. The highest BCUT2D eigenvalue weighted by Gasteiger charge is 2.30. The average Bonchev–Trinajstić information content (AvgIpc) is 3.07. The van der Waals surface area contributed by atoms with Crippen molar-refractivity contribution in [3.8, 4) is 0 Å². The molecule has 1 aliphatic heterocycles. The number of carbonyl (C=O) groups is 1. The summed E-state index contributed by atoms with van der Waals surface area (Å²) in [5.74, 6) is 0.740. The third-order valence-corrected chi connectivity index (χ3v) is 4.23. The van der Waals surface area contributed by atoms with Gasteiger partial charge in [-0.3, -0.25) is 4.79 Å². The van der Waals surface area contributed by atoms with Crippen LogP contribution in [-0.4, -0.2) is 42.4 Å². The fourth-order valence-electron chi connectivity index (χ4n) is 2.81. The summed E-state index contributed by atoms with van der Waals surface area (Å²) in [6.07, 6.45) is -2.99. The van der Waals surface area contributed by atoms with Gasteiger partial charge in [-0.2, -0.15) is 13.2 Å². The van der Waals surface area contributed by atoms with E-state index >= 15 is 0 Å². The number of benzene rings is 1. The Hall–Kier alpha value is -2.25. The number of carbonyl (C=O) groups excluding carboxylic acids is 1. The van der Waals surface area contributed by atoms with E-state index in [0.717, 1.165) is 25.1 Å². The van der Waals surface area contributed by atoms with Crippen molar-refractivity contribution in [2.45, 2.75) is 45.5 Å². The molecule has 26 heavy (non-hydrogen) atoms. The molecule has 1 fully saturated rings. The summed E-state index contributed by atoms with van der Waals surface area (Å²) in [4.78, 5) is 18.0. The highest BCUT2D eigenvalue weighted by Crippen LogP contribution is 2.29. The molecule has 1 aromatic carbocycles. The van der Waals surface area contributed by atoms with E-state index in [1.807, 2.05) is 18.7 Å². The molecular formula is C18H25F3N4O. The zero-order valence-electron chi connectivity index (χ0n) is 15.1. The van der Waals surface area contributed by atoms with Gasteiger partial charge in [0, 0.05) is 32.1 Å². The van der Waals surface area contributed by atoms with Gasteiger partial charge in [0.2, 0.25) is 5.91 Å². The maximum atomic E-state index is 12.6. The van der Waals surface area contributed by atoms with Crippen LogP contribution in [0.4, 0.5) is 13.2 Å². The Bertz CT molecular complexity index is 628. The van der Waals surface area contributed by atoms with Crippen LogP contribution in [0.1, 0.15) is 37.8 Å². The van der Waals surface area contributed by atoms with Crippen LogP contribution in [0.3, 0.4) is 0 Å². The molecule has 2 rings (SSSR count). The van der Waals surface area contributed by atoms with Crippen LogP contribution in [0.5, 0.6) is 0 Å². The number of nitrogens with zero attached hydrogens (tertiary/aromatic N) is 2. The van der Waals surface area contributed by atoms with Gasteiger partial charge in [0.05, 0.1) is 12.1 Å². The molecule has 2 N–H and O–H groups in total. The number of hydrogen-bond donors (Lipinski definition) is 2. The van der Waals surface area contributed by atoms with E-state index in [4.69, 9.17) is 0 Å². The highest BCUT2D eigenvalue weighted by atomic mass is 19.4. The Morgan fingerprint density at radius 1 is 1.27 bits per heavy atom. The van der Waals surface area contributed by atoms with E-state index in [9.17, 15) is 18.0 Å². The van der Waals surface area contributed by atoms with E-state index in [0.29, 0.717) is 31.0 Å². The summed E-state index contributed by atoms with van der Waals surface area (Å²) in [7, 11) is 0. The van der Waals surface area contributed by atoms with Crippen molar-refractivity contribution in [1.82, 2.24) is 15.5 Å². The van der Waals surface area contributed by atoms with Crippen LogP contribution in [0.2, 0.25) is 0 Å². The van der Waals surface area contributed by atoms with Crippen molar-refractivity contribution in [3.05, 3.63) is 35.4 Å². The minimum Gasteiger partial charge on any atom is -0.357 e. The molecule has 0 spiro atoms. The molecular weight excluding hydrogens is 345 g/mol. The van der Waals surface area contributed by atoms with Gasteiger partial charge in [-0.05, 0) is 31.0 Å². The van der Waals surface area contributed by atoms with Crippen LogP contribution >= 0.6 is 0 Å². The average molecular weight is 370 g/mol. The van der Waals surface area contributed by atoms with Gasteiger partial charge in [-0.25, -0.2) is 4.99 Å². The molecule has 144 valence electrons. The minimum absolute atomic E-state index is 0.121. The molecule has 0 radical (unpaired) electrons. The van der Waals surface area contributed by atoms with Gasteiger partial charge < -0.3 is 15.5 Å². The van der Waals surface area contributed by atoms with Crippen LogP contribution in [0.15, 0.2) is 29.3 Å². The van der Waals surface area contributed by atoms with E-state index in [-0.39, 0.29) is 18.5 Å². The number of likely N-dealkylation sites (tertiary alicyclic amines) is 1. The molecule has 8 heteroatoms. The second-order valence-corrected chi connectivity index (χ2v) is 6.21. The molecule has 1 heterocycles. The van der Waals surface area contributed by atoms with Gasteiger partial charge in [0.15, 0.2) is 5.96 Å². The first-order valence-corrected chi connectivity index (χ1v) is 8.82. The van der Waals surface area contributed by atoms with E-state index in [2.05, 4.69) is 15.6 Å². The number of alkyl halides is 3. The lowest BCUT2D eigenvalue weighted by Crippen LogP contribution is -2.45. The second-order valence-electron chi connectivity index (χ2n) is 6.21. The molecule has 1 amide bonds. The monoisotopic (exact) mass is 370 g/mol. The Labute approximate surface area is 151 Å². The normalized spacial score (nSPS) is 18.1.